The van der Waals surface area contributed by atoms with Crippen LogP contribution in [0.15, 0.2) is 67.3 Å². The van der Waals surface area contributed by atoms with Crippen molar-refractivity contribution in [1.82, 2.24) is 14.7 Å². The van der Waals surface area contributed by atoms with Crippen molar-refractivity contribution in [2.75, 3.05) is 24.7 Å². The van der Waals surface area contributed by atoms with Crippen molar-refractivity contribution in [3.63, 3.8) is 0 Å². The van der Waals surface area contributed by atoms with E-state index < -0.39 is 34.9 Å². The molecule has 4 rings (SSSR count). The minimum absolute atomic E-state index is 0.00301. The molecule has 20 heteroatoms. The van der Waals surface area contributed by atoms with Crippen LogP contribution in [0, 0.1) is 17.0 Å². The number of aromatic nitrogens is 2. The van der Waals surface area contributed by atoms with Gasteiger partial charge in [-0.15, -0.1) is 15.2 Å². The number of hydrogen-bond acceptors (Lipinski definition) is 17. The zero-order valence-corrected chi connectivity index (χ0v) is 32.4. The average molecular weight is 800 g/mol. The average Bonchev–Trinajstić information content (AvgIpc) is 3.68. The molecule has 302 valence electrons. The maximum absolute atomic E-state index is 13.6. The fourth-order valence-corrected chi connectivity index (χ4v) is 5.89. The number of ether oxygens (including phenoxy) is 3. The highest BCUT2D eigenvalue weighted by Gasteiger charge is 2.33. The van der Waals surface area contributed by atoms with Crippen LogP contribution < -0.4 is 17.4 Å². The molecule has 0 aliphatic heterocycles. The standard InChI is InChI=1S/C36H45N7O12S/c1-6-9-29-39-31(36(4,5)47)30(33(44)51-21-28-22(2)53-35(46)55-28)41(29)20-24-12-14-25(15-13-24)26-10-7-8-11-27(26)32(37)40-42(38)23(3)54-34(45)50-16-18-56-19-17-52-43(48)49/h7-8,10-15,23,47H,6,9,16-21,38H2,1-5H3,(H2,37,40). The first-order chi connectivity index (χ1) is 26.6. The molecule has 0 saturated heterocycles. The summed E-state index contributed by atoms with van der Waals surface area (Å²) in [6.45, 7) is 7.83. The minimum Gasteiger partial charge on any atom is -0.453 e. The zero-order valence-electron chi connectivity index (χ0n) is 31.6. The Morgan fingerprint density at radius 1 is 1.12 bits per heavy atom. The number of nitrogens with two attached hydrogens (primary N) is 2. The van der Waals surface area contributed by atoms with Crippen LogP contribution in [0.25, 0.3) is 11.1 Å². The molecule has 4 aromatic rings. The summed E-state index contributed by atoms with van der Waals surface area (Å²) in [5.74, 6) is 5.98. The molecule has 56 heavy (non-hydrogen) atoms. The third-order valence-electron chi connectivity index (χ3n) is 8.01. The molecule has 2 heterocycles. The monoisotopic (exact) mass is 799 g/mol. The lowest BCUT2D eigenvalue weighted by Gasteiger charge is -2.21. The summed E-state index contributed by atoms with van der Waals surface area (Å²) < 4.78 is 27.3. The summed E-state index contributed by atoms with van der Waals surface area (Å²) in [4.78, 5) is 56.3. The van der Waals surface area contributed by atoms with E-state index in [1.54, 1.807) is 16.7 Å². The number of hydrazine groups is 1. The van der Waals surface area contributed by atoms with Crippen LogP contribution in [-0.4, -0.2) is 73.8 Å². The second-order valence-corrected chi connectivity index (χ2v) is 13.9. The van der Waals surface area contributed by atoms with Gasteiger partial charge in [-0.25, -0.2) is 25.2 Å². The smallest absolute Gasteiger partial charge is 0.453 e. The van der Waals surface area contributed by atoms with Gasteiger partial charge in [0.15, 0.2) is 29.7 Å². The van der Waals surface area contributed by atoms with Crippen LogP contribution in [-0.2, 0) is 44.2 Å². The van der Waals surface area contributed by atoms with Gasteiger partial charge in [0.2, 0.25) is 6.23 Å². The number of esters is 1. The number of rotatable bonds is 20. The van der Waals surface area contributed by atoms with Crippen LogP contribution in [0.4, 0.5) is 4.79 Å². The molecular weight excluding hydrogens is 755 g/mol. The number of aryl methyl sites for hydroxylation is 2. The van der Waals surface area contributed by atoms with Crippen molar-refractivity contribution < 1.29 is 47.7 Å². The van der Waals surface area contributed by atoms with Gasteiger partial charge in [-0.3, -0.25) is 0 Å². The van der Waals surface area contributed by atoms with E-state index in [2.05, 4.69) is 14.9 Å². The van der Waals surface area contributed by atoms with E-state index in [-0.39, 0.29) is 55.1 Å². The number of carbonyl (C=O) groups is 2. The van der Waals surface area contributed by atoms with Crippen molar-refractivity contribution in [1.29, 1.82) is 0 Å². The zero-order chi connectivity index (χ0) is 41.0. The molecule has 2 aromatic heterocycles. The highest BCUT2D eigenvalue weighted by molar-refractivity contribution is 7.99. The summed E-state index contributed by atoms with van der Waals surface area (Å²) >= 11 is 1.30. The summed E-state index contributed by atoms with van der Waals surface area (Å²) in [7, 11) is 0. The molecular formula is C36H45N7O12S. The van der Waals surface area contributed by atoms with Gasteiger partial charge in [0.05, 0.1) is 0 Å². The van der Waals surface area contributed by atoms with E-state index in [1.807, 2.05) is 43.3 Å². The Hall–Kier alpha value is -5.86. The predicted octanol–water partition coefficient (Wildman–Crippen LogP) is 4.23. The SMILES string of the molecule is CCCc1nc(C(C)(C)O)c(C(=O)OCc2oc(=O)oc2C)n1Cc1ccc(-c2ccccc2/C(N)=N/N(N)C(C)OC(=O)OCCSCCO[N+](=O)[O-])cc1. The van der Waals surface area contributed by atoms with E-state index in [1.165, 1.54) is 39.5 Å². The van der Waals surface area contributed by atoms with Crippen molar-refractivity contribution in [2.24, 2.45) is 16.7 Å². The van der Waals surface area contributed by atoms with E-state index in [4.69, 9.17) is 34.6 Å². The van der Waals surface area contributed by atoms with Gasteiger partial charge < -0.3 is 43.3 Å². The van der Waals surface area contributed by atoms with Crippen molar-refractivity contribution in [3.05, 3.63) is 109 Å². The number of nitrogens with zero attached hydrogens (tertiary/aromatic N) is 5. The van der Waals surface area contributed by atoms with Crippen LogP contribution in [0.1, 0.15) is 78.8 Å². The number of hydrazone groups is 1. The molecule has 0 spiro atoms. The molecule has 0 bridgehead atoms. The van der Waals surface area contributed by atoms with Gasteiger partial charge >= 0.3 is 17.9 Å². The Kier molecular flexibility index (Phi) is 15.0. The molecule has 0 aliphatic rings. The van der Waals surface area contributed by atoms with Gasteiger partial charge in [-0.1, -0.05) is 55.5 Å². The second kappa shape index (κ2) is 19.6. The fourth-order valence-electron chi connectivity index (χ4n) is 5.30. The lowest BCUT2D eigenvalue weighted by Crippen LogP contribution is -2.40. The fraction of sp³-hybridized carbons (Fsp3) is 0.417. The third-order valence-corrected chi connectivity index (χ3v) is 8.92. The normalized spacial score (nSPS) is 12.2. The van der Waals surface area contributed by atoms with Gasteiger partial charge in [0, 0.05) is 30.0 Å². The van der Waals surface area contributed by atoms with E-state index >= 15 is 0 Å². The summed E-state index contributed by atoms with van der Waals surface area (Å²) in [6, 6.07) is 14.8. The Morgan fingerprint density at radius 2 is 1.82 bits per heavy atom. The Balaban J connectivity index is 1.48. The molecule has 0 aliphatic carbocycles. The quantitative estimate of drug-likeness (QED) is 0.0165. The van der Waals surface area contributed by atoms with Crippen LogP contribution in [0.3, 0.4) is 0 Å². The van der Waals surface area contributed by atoms with E-state index in [0.29, 0.717) is 29.3 Å². The summed E-state index contributed by atoms with van der Waals surface area (Å²) in [5, 5.41) is 25.4. The largest absolute Gasteiger partial charge is 0.519 e. The second-order valence-electron chi connectivity index (χ2n) is 12.7. The number of thioether (sulfide) groups is 1. The molecule has 19 nitrogen and oxygen atoms in total. The molecule has 0 radical (unpaired) electrons. The minimum atomic E-state index is -1.48. The molecule has 2 aromatic carbocycles. The van der Waals surface area contributed by atoms with Gasteiger partial charge in [-0.05, 0) is 50.8 Å². The maximum atomic E-state index is 13.6. The Labute approximate surface area is 325 Å². The number of amidine groups is 1. The predicted molar refractivity (Wildman–Crippen MR) is 202 cm³/mol. The van der Waals surface area contributed by atoms with Crippen molar-refractivity contribution >= 4 is 29.7 Å². The number of imidazole rings is 1. The molecule has 1 unspecified atom stereocenters. The van der Waals surface area contributed by atoms with E-state index in [9.17, 15) is 29.6 Å². The number of carbonyl (C=O) groups excluding carboxylic acids is 2. The van der Waals surface area contributed by atoms with E-state index in [0.717, 1.165) is 28.2 Å². The first-order valence-electron chi connectivity index (χ1n) is 17.4. The number of aliphatic hydroxyl groups is 1. The first kappa shape index (κ1) is 42.9. The summed E-state index contributed by atoms with van der Waals surface area (Å²) in [6.07, 6.45) is -0.800. The van der Waals surface area contributed by atoms with Crippen LogP contribution in [0.2, 0.25) is 0 Å². The Bertz CT molecular complexity index is 2050. The molecule has 0 amide bonds. The van der Waals surface area contributed by atoms with Gasteiger partial charge in [0.1, 0.15) is 30.3 Å². The van der Waals surface area contributed by atoms with Crippen molar-refractivity contribution in [3.8, 4) is 11.1 Å². The lowest BCUT2D eigenvalue weighted by atomic mass is 9.98. The summed E-state index contributed by atoms with van der Waals surface area (Å²) in [5.41, 5.74) is 8.00. The number of benzene rings is 2. The molecule has 0 fully saturated rings. The number of hydrogen-bond donors (Lipinski definition) is 3. The van der Waals surface area contributed by atoms with Crippen LogP contribution in [0.5, 0.6) is 0 Å². The first-order valence-corrected chi connectivity index (χ1v) is 18.6. The lowest BCUT2D eigenvalue weighted by molar-refractivity contribution is -0.756. The Morgan fingerprint density at radius 3 is 2.46 bits per heavy atom. The highest BCUT2D eigenvalue weighted by Crippen LogP contribution is 2.29. The van der Waals surface area contributed by atoms with Crippen molar-refractivity contribution in [2.45, 2.75) is 72.4 Å². The molecule has 5 N–H and O–H groups in total. The third kappa shape index (κ3) is 11.8. The van der Waals surface area contributed by atoms with Crippen LogP contribution >= 0.6 is 11.8 Å². The van der Waals surface area contributed by atoms with Gasteiger partial charge in [-0.2, -0.15) is 16.9 Å². The van der Waals surface area contributed by atoms with Gasteiger partial charge in [0.25, 0.3) is 5.09 Å². The maximum Gasteiger partial charge on any atom is 0.519 e. The highest BCUT2D eigenvalue weighted by atomic mass is 32.2. The topological polar surface area (TPSA) is 263 Å². The molecule has 0 saturated carbocycles. The molecule has 1 atom stereocenters.